The predicted octanol–water partition coefficient (Wildman–Crippen LogP) is 4.93. The molecule has 0 unspecified atom stereocenters. The van der Waals surface area contributed by atoms with E-state index in [4.69, 9.17) is 11.6 Å². The molecular weight excluding hydrogens is 519 g/mol. The van der Waals surface area contributed by atoms with Gasteiger partial charge in [0.15, 0.2) is 0 Å². The number of benzene rings is 2. The first-order chi connectivity index (χ1) is 18.9. The topological polar surface area (TPSA) is 108 Å². The summed E-state index contributed by atoms with van der Waals surface area (Å²) >= 11 is 6.19. The summed E-state index contributed by atoms with van der Waals surface area (Å²) in [7, 11) is 0. The van der Waals surface area contributed by atoms with E-state index in [0.717, 1.165) is 40.7 Å². The van der Waals surface area contributed by atoms with E-state index >= 15 is 4.39 Å². The van der Waals surface area contributed by atoms with Crippen LogP contribution in [0.4, 0.5) is 4.39 Å². The molecule has 2 aromatic carbocycles. The zero-order chi connectivity index (χ0) is 26.5. The van der Waals surface area contributed by atoms with Crippen molar-refractivity contribution in [2.24, 2.45) is 0 Å². The lowest BCUT2D eigenvalue weighted by Gasteiger charge is -2.27. The molecule has 8 nitrogen and oxygen atoms in total. The molecule has 0 radical (unpaired) electrons. The van der Waals surface area contributed by atoms with E-state index in [-0.39, 0.29) is 33.6 Å². The molecule has 1 saturated carbocycles. The molecule has 5 heterocycles. The van der Waals surface area contributed by atoms with Crippen molar-refractivity contribution in [3.05, 3.63) is 92.8 Å². The third-order valence-corrected chi connectivity index (χ3v) is 8.69. The highest BCUT2D eigenvalue weighted by atomic mass is 35.5. The number of halogens is 2. The van der Waals surface area contributed by atoms with Gasteiger partial charge in [0, 0.05) is 34.0 Å². The Labute approximate surface area is 226 Å². The molecule has 3 aliphatic rings. The number of hydrogen-bond donors (Lipinski definition) is 3. The van der Waals surface area contributed by atoms with Crippen molar-refractivity contribution in [2.45, 2.75) is 43.7 Å². The highest BCUT2D eigenvalue weighted by molar-refractivity contribution is 6.31. The van der Waals surface area contributed by atoms with Crippen molar-refractivity contribution >= 4 is 28.5 Å². The van der Waals surface area contributed by atoms with Gasteiger partial charge in [-0.2, -0.15) is 0 Å². The van der Waals surface area contributed by atoms with Gasteiger partial charge in [-0.05, 0) is 55.9 Å². The van der Waals surface area contributed by atoms with Crippen LogP contribution in [-0.2, 0) is 12.8 Å². The van der Waals surface area contributed by atoms with Gasteiger partial charge in [-0.1, -0.05) is 23.7 Å². The Morgan fingerprint density at radius 2 is 1.95 bits per heavy atom. The van der Waals surface area contributed by atoms with Crippen LogP contribution in [0.1, 0.15) is 52.7 Å². The van der Waals surface area contributed by atoms with Crippen molar-refractivity contribution < 1.29 is 9.18 Å². The number of pyridine rings is 1. The normalized spacial score (nSPS) is 18.8. The van der Waals surface area contributed by atoms with Gasteiger partial charge in [-0.25, -0.2) is 14.4 Å². The summed E-state index contributed by atoms with van der Waals surface area (Å²) in [5, 5.41) is 3.17. The minimum atomic E-state index is -0.593. The zero-order valence-electron chi connectivity index (χ0n) is 20.6. The fourth-order valence-corrected chi connectivity index (χ4v) is 6.48. The highest BCUT2D eigenvalue weighted by Gasteiger charge is 2.47. The molecule has 1 amide bonds. The minimum Gasteiger partial charge on any atom is -0.346 e. The fourth-order valence-electron chi connectivity index (χ4n) is 6.32. The maximum absolute atomic E-state index is 15.5. The van der Waals surface area contributed by atoms with E-state index in [1.807, 2.05) is 18.2 Å². The Kier molecular flexibility index (Phi) is 4.60. The summed E-state index contributed by atoms with van der Waals surface area (Å²) in [5.41, 5.74) is 5.11. The zero-order valence-corrected chi connectivity index (χ0v) is 21.4. The Morgan fingerprint density at radius 1 is 1.08 bits per heavy atom. The number of amides is 1. The molecule has 1 aliphatic carbocycles. The van der Waals surface area contributed by atoms with Crippen LogP contribution in [-0.4, -0.2) is 35.9 Å². The number of fused-ring (bicyclic) bond motifs is 6. The maximum atomic E-state index is 15.5. The van der Waals surface area contributed by atoms with Gasteiger partial charge in [-0.15, -0.1) is 0 Å². The van der Waals surface area contributed by atoms with Crippen LogP contribution in [0, 0.1) is 5.82 Å². The van der Waals surface area contributed by atoms with Gasteiger partial charge >= 0.3 is 0 Å². The summed E-state index contributed by atoms with van der Waals surface area (Å²) in [5.74, 6) is -0.232. The summed E-state index contributed by atoms with van der Waals surface area (Å²) in [6, 6.07) is 10.3. The second-order valence-electron chi connectivity index (χ2n) is 10.8. The van der Waals surface area contributed by atoms with Crippen molar-refractivity contribution in [2.75, 3.05) is 0 Å². The summed E-state index contributed by atoms with van der Waals surface area (Å²) in [6.07, 6.45) is 6.63. The van der Waals surface area contributed by atoms with E-state index in [1.165, 1.54) is 6.07 Å². The summed E-state index contributed by atoms with van der Waals surface area (Å²) in [6.45, 7) is 0. The molecule has 0 saturated heterocycles. The third kappa shape index (κ3) is 3.35. The number of nitrogens with zero attached hydrogens (tertiary/aromatic N) is 3. The molecular formula is C29H22ClFN6O2. The summed E-state index contributed by atoms with van der Waals surface area (Å²) < 4.78 is 17.2. The number of aromatic amines is 2. The van der Waals surface area contributed by atoms with Crippen LogP contribution in [0.25, 0.3) is 33.4 Å². The van der Waals surface area contributed by atoms with Gasteiger partial charge < -0.3 is 19.9 Å². The number of carbonyl (C=O) groups is 1. The number of H-pyrrole nitrogens is 2. The lowest BCUT2D eigenvalue weighted by Crippen LogP contribution is -2.41. The van der Waals surface area contributed by atoms with Gasteiger partial charge in [0.2, 0.25) is 0 Å². The van der Waals surface area contributed by atoms with Crippen molar-refractivity contribution in [3.8, 4) is 22.4 Å². The SMILES string of the molecule is O=C1NC2(CC2)Cc2ccc(Cl)c(F)c2-c2cc(=O)n3c(c21)CC[C@@H]3c1ncc(-c2ccc3nc[nH]c3c2)[nH]1. The first-order valence-electron chi connectivity index (χ1n) is 13.0. The first kappa shape index (κ1) is 22.7. The Balaban J connectivity index is 1.27. The second-order valence-corrected chi connectivity index (χ2v) is 11.2. The number of imidazole rings is 2. The molecule has 0 bridgehead atoms. The number of nitrogens with one attached hydrogen (secondary N) is 3. The Bertz CT molecular complexity index is 1920. The van der Waals surface area contributed by atoms with Crippen LogP contribution in [0.2, 0.25) is 5.02 Å². The van der Waals surface area contributed by atoms with E-state index in [0.29, 0.717) is 41.9 Å². The van der Waals surface area contributed by atoms with Gasteiger partial charge in [0.05, 0.1) is 45.9 Å². The van der Waals surface area contributed by atoms with E-state index in [9.17, 15) is 9.59 Å². The molecule has 39 heavy (non-hydrogen) atoms. The van der Waals surface area contributed by atoms with Crippen LogP contribution in [0.5, 0.6) is 0 Å². The predicted molar refractivity (Wildman–Crippen MR) is 144 cm³/mol. The lowest BCUT2D eigenvalue weighted by atomic mass is 9.88. The molecule has 2 aliphatic heterocycles. The average Bonchev–Trinajstić information content (AvgIpc) is 3.31. The van der Waals surface area contributed by atoms with E-state index < -0.39 is 5.82 Å². The lowest BCUT2D eigenvalue weighted by molar-refractivity contribution is 0.0929. The minimum absolute atomic E-state index is 0.0274. The molecule has 5 aromatic rings. The highest BCUT2D eigenvalue weighted by Crippen LogP contribution is 2.46. The smallest absolute Gasteiger partial charge is 0.254 e. The fraction of sp³-hybridized carbons (Fsp3) is 0.241. The average molecular weight is 541 g/mol. The number of hydrogen-bond acceptors (Lipinski definition) is 4. The van der Waals surface area contributed by atoms with Crippen LogP contribution in [0.3, 0.4) is 0 Å². The maximum Gasteiger partial charge on any atom is 0.254 e. The van der Waals surface area contributed by atoms with Crippen LogP contribution in [0.15, 0.2) is 53.7 Å². The second kappa shape index (κ2) is 7.89. The van der Waals surface area contributed by atoms with Crippen LogP contribution >= 0.6 is 11.6 Å². The largest absolute Gasteiger partial charge is 0.346 e. The van der Waals surface area contributed by atoms with E-state index in [2.05, 4.69) is 25.3 Å². The van der Waals surface area contributed by atoms with Gasteiger partial charge in [0.25, 0.3) is 11.5 Å². The molecule has 10 heteroatoms. The first-order valence-corrected chi connectivity index (χ1v) is 13.4. The van der Waals surface area contributed by atoms with Crippen molar-refractivity contribution in [3.63, 3.8) is 0 Å². The number of aromatic nitrogens is 5. The molecule has 3 N–H and O–H groups in total. The third-order valence-electron chi connectivity index (χ3n) is 8.40. The Hall–Kier alpha value is -4.24. The molecule has 1 atom stereocenters. The molecule has 8 rings (SSSR count). The Morgan fingerprint density at radius 3 is 2.79 bits per heavy atom. The van der Waals surface area contributed by atoms with Crippen molar-refractivity contribution in [1.29, 1.82) is 0 Å². The quantitative estimate of drug-likeness (QED) is 0.295. The van der Waals surface area contributed by atoms with Crippen molar-refractivity contribution in [1.82, 2.24) is 29.8 Å². The number of carbonyl (C=O) groups excluding carboxylic acids is 1. The van der Waals surface area contributed by atoms with Gasteiger partial charge in [-0.3, -0.25) is 9.59 Å². The standard InChI is InChI=1S/C29H22ClFN6O2/c30-17-3-1-15-11-29(7-8-29)36-28(39)25-16(24(15)26(17)31)10-23(38)37-21(25)5-6-22(37)27-32-12-20(35-27)14-2-4-18-19(9-14)34-13-33-18/h1-4,9-10,12-13,22H,5-8,11H2,(H,32,35)(H,33,34)(H,36,39)/t22-/m1/s1. The summed E-state index contributed by atoms with van der Waals surface area (Å²) in [4.78, 5) is 42.7. The number of rotatable bonds is 2. The van der Waals surface area contributed by atoms with Gasteiger partial charge in [0.1, 0.15) is 11.6 Å². The monoisotopic (exact) mass is 540 g/mol. The molecule has 1 spiro atoms. The van der Waals surface area contributed by atoms with E-state index in [1.54, 1.807) is 29.2 Å². The molecule has 194 valence electrons. The molecule has 3 aromatic heterocycles. The van der Waals surface area contributed by atoms with Crippen LogP contribution < -0.4 is 10.9 Å². The molecule has 1 fully saturated rings.